The van der Waals surface area contributed by atoms with Crippen molar-refractivity contribution >= 4 is 27.9 Å². The number of primary amides is 1. The van der Waals surface area contributed by atoms with Crippen LogP contribution in [0.3, 0.4) is 0 Å². The molecule has 0 aromatic carbocycles. The molecule has 0 unspecified atom stereocenters. The van der Waals surface area contributed by atoms with E-state index in [2.05, 4.69) is 18.7 Å². The lowest BCUT2D eigenvalue weighted by Gasteiger charge is -2.22. The average molecular weight is 271 g/mol. The highest BCUT2D eigenvalue weighted by atomic mass is 32.1. The quantitative estimate of drug-likeness (QED) is 0.795. The summed E-state index contributed by atoms with van der Waals surface area (Å²) in [5.41, 5.74) is 11.6. The van der Waals surface area contributed by atoms with Crippen LogP contribution < -0.4 is 21.1 Å². The van der Waals surface area contributed by atoms with E-state index in [1.54, 1.807) is 7.11 Å². The van der Waals surface area contributed by atoms with E-state index in [9.17, 15) is 4.79 Å². The van der Waals surface area contributed by atoms with Gasteiger partial charge in [0.1, 0.15) is 15.6 Å². The lowest BCUT2D eigenvalue weighted by atomic mass is 10.3. The van der Waals surface area contributed by atoms with E-state index in [1.807, 2.05) is 0 Å². The van der Waals surface area contributed by atoms with Crippen LogP contribution in [0.5, 0.6) is 5.75 Å². The number of nitrogens with zero attached hydrogens (tertiary/aromatic N) is 1. The molecule has 0 radical (unpaired) electrons. The van der Waals surface area contributed by atoms with Crippen molar-refractivity contribution in [3.05, 3.63) is 4.88 Å². The van der Waals surface area contributed by atoms with Crippen LogP contribution in [0.25, 0.3) is 0 Å². The number of carbonyl (C=O) groups is 1. The molecule has 102 valence electrons. The molecule has 0 bridgehead atoms. The topological polar surface area (TPSA) is 81.6 Å². The minimum Gasteiger partial charge on any atom is -0.492 e. The Bertz CT molecular complexity index is 418. The molecule has 1 rings (SSSR count). The Morgan fingerprint density at radius 3 is 2.56 bits per heavy atom. The van der Waals surface area contributed by atoms with Crippen LogP contribution in [0.2, 0.25) is 0 Å². The average Bonchev–Trinajstić information content (AvgIpc) is 2.67. The first kappa shape index (κ1) is 14.6. The summed E-state index contributed by atoms with van der Waals surface area (Å²) in [4.78, 5) is 13.8. The Morgan fingerprint density at radius 1 is 1.44 bits per heavy atom. The molecule has 0 saturated carbocycles. The zero-order valence-electron chi connectivity index (χ0n) is 11.2. The van der Waals surface area contributed by atoms with Crippen LogP contribution >= 0.6 is 11.3 Å². The van der Waals surface area contributed by atoms with Gasteiger partial charge in [-0.25, -0.2) is 0 Å². The van der Waals surface area contributed by atoms with Crippen molar-refractivity contribution in [1.29, 1.82) is 0 Å². The second-order valence-electron chi connectivity index (χ2n) is 3.98. The van der Waals surface area contributed by atoms with Crippen molar-refractivity contribution in [2.24, 2.45) is 5.73 Å². The molecule has 1 amide bonds. The first-order valence-corrected chi connectivity index (χ1v) is 6.89. The van der Waals surface area contributed by atoms with E-state index in [0.29, 0.717) is 16.3 Å². The molecule has 0 atom stereocenters. The normalized spacial score (nSPS) is 10.4. The van der Waals surface area contributed by atoms with Gasteiger partial charge in [0.25, 0.3) is 5.91 Å². The predicted molar refractivity (Wildman–Crippen MR) is 76.6 cm³/mol. The van der Waals surface area contributed by atoms with Crippen molar-refractivity contribution < 1.29 is 9.53 Å². The minimum atomic E-state index is -0.506. The van der Waals surface area contributed by atoms with Gasteiger partial charge in [-0.1, -0.05) is 13.3 Å². The minimum absolute atomic E-state index is 0.347. The molecule has 6 heteroatoms. The van der Waals surface area contributed by atoms with Gasteiger partial charge in [0, 0.05) is 13.1 Å². The molecule has 18 heavy (non-hydrogen) atoms. The second-order valence-corrected chi connectivity index (χ2v) is 4.98. The summed E-state index contributed by atoms with van der Waals surface area (Å²) in [6.07, 6.45) is 2.20. The van der Waals surface area contributed by atoms with Gasteiger partial charge < -0.3 is 21.1 Å². The van der Waals surface area contributed by atoms with Crippen LogP contribution in [0.4, 0.5) is 10.7 Å². The van der Waals surface area contributed by atoms with Crippen LogP contribution in [0, 0.1) is 0 Å². The van der Waals surface area contributed by atoms with Crippen molar-refractivity contribution in [2.45, 2.75) is 26.7 Å². The molecular formula is C12H21N3O2S. The molecule has 0 aliphatic rings. The first-order valence-electron chi connectivity index (χ1n) is 6.07. The zero-order valence-corrected chi connectivity index (χ0v) is 12.0. The molecule has 5 nitrogen and oxygen atoms in total. The van der Waals surface area contributed by atoms with Gasteiger partial charge in [0.05, 0.1) is 7.11 Å². The molecular weight excluding hydrogens is 250 g/mol. The van der Waals surface area contributed by atoms with E-state index in [-0.39, 0.29) is 0 Å². The summed E-state index contributed by atoms with van der Waals surface area (Å²) in [7, 11) is 1.56. The third kappa shape index (κ3) is 2.87. The highest BCUT2D eigenvalue weighted by Crippen LogP contribution is 2.44. The number of ether oxygens (including phenoxy) is 1. The van der Waals surface area contributed by atoms with Crippen LogP contribution in [0.15, 0.2) is 0 Å². The molecule has 1 heterocycles. The third-order valence-corrected chi connectivity index (χ3v) is 4.02. The number of carbonyl (C=O) groups excluding carboxylic acids is 1. The number of methoxy groups -OCH3 is 1. The Hall–Kier alpha value is -1.43. The Morgan fingerprint density at radius 2 is 2.11 bits per heavy atom. The van der Waals surface area contributed by atoms with Gasteiger partial charge in [0.2, 0.25) is 0 Å². The fourth-order valence-electron chi connectivity index (χ4n) is 1.76. The van der Waals surface area contributed by atoms with Crippen molar-refractivity contribution in [1.82, 2.24) is 0 Å². The lowest BCUT2D eigenvalue weighted by Crippen LogP contribution is -2.23. The maximum atomic E-state index is 11.3. The zero-order chi connectivity index (χ0) is 13.7. The summed E-state index contributed by atoms with van der Waals surface area (Å²) in [5, 5.41) is 0.889. The SMILES string of the molecule is CCCCN(CC)c1sc(C(N)=O)c(N)c1OC. The van der Waals surface area contributed by atoms with Crippen LogP contribution in [0.1, 0.15) is 36.4 Å². The molecule has 0 aliphatic carbocycles. The number of thiophene rings is 1. The monoisotopic (exact) mass is 271 g/mol. The Balaban J connectivity index is 3.12. The number of nitrogens with two attached hydrogens (primary N) is 2. The van der Waals surface area contributed by atoms with Gasteiger partial charge in [0.15, 0.2) is 5.75 Å². The summed E-state index contributed by atoms with van der Waals surface area (Å²) < 4.78 is 5.31. The number of hydrogen-bond donors (Lipinski definition) is 2. The first-order chi connectivity index (χ1) is 8.56. The van der Waals surface area contributed by atoms with Gasteiger partial charge >= 0.3 is 0 Å². The number of hydrogen-bond acceptors (Lipinski definition) is 5. The van der Waals surface area contributed by atoms with Crippen LogP contribution in [-0.4, -0.2) is 26.1 Å². The Kier molecular flexibility index (Phi) is 5.27. The molecule has 0 fully saturated rings. The van der Waals surface area contributed by atoms with E-state index in [0.717, 1.165) is 30.9 Å². The number of unbranched alkanes of at least 4 members (excludes halogenated alkanes) is 1. The summed E-state index contributed by atoms with van der Waals surface area (Å²) in [6.45, 7) is 5.97. The summed E-state index contributed by atoms with van der Waals surface area (Å²) in [6, 6.07) is 0. The van der Waals surface area contributed by atoms with Crippen molar-refractivity contribution in [2.75, 3.05) is 30.8 Å². The highest BCUT2D eigenvalue weighted by Gasteiger charge is 2.23. The van der Waals surface area contributed by atoms with Crippen LogP contribution in [-0.2, 0) is 0 Å². The summed E-state index contributed by atoms with van der Waals surface area (Å²) >= 11 is 1.30. The maximum Gasteiger partial charge on any atom is 0.261 e. The molecule has 1 aromatic heterocycles. The summed E-state index contributed by atoms with van der Waals surface area (Å²) in [5.74, 6) is 0.0559. The maximum absolute atomic E-state index is 11.3. The van der Waals surface area contributed by atoms with Gasteiger partial charge in [-0.05, 0) is 13.3 Å². The number of rotatable bonds is 7. The standard InChI is InChI=1S/C12H21N3O2S/c1-4-6-7-15(5-2)12-9(17-3)8(13)10(18-12)11(14)16/h4-7,13H2,1-3H3,(H2,14,16). The van der Waals surface area contributed by atoms with E-state index >= 15 is 0 Å². The number of amides is 1. The predicted octanol–water partition coefficient (Wildman–Crippen LogP) is 2.06. The molecule has 0 aliphatic heterocycles. The van der Waals surface area contributed by atoms with Gasteiger partial charge in [-0.15, -0.1) is 11.3 Å². The van der Waals surface area contributed by atoms with Crippen molar-refractivity contribution in [3.63, 3.8) is 0 Å². The fourth-order valence-corrected chi connectivity index (χ4v) is 2.89. The van der Waals surface area contributed by atoms with E-state index in [1.165, 1.54) is 11.3 Å². The molecule has 4 N–H and O–H groups in total. The molecule has 0 spiro atoms. The number of nitrogen functional groups attached to an aromatic ring is 1. The van der Waals surface area contributed by atoms with Gasteiger partial charge in [-0.2, -0.15) is 0 Å². The third-order valence-electron chi connectivity index (χ3n) is 2.76. The smallest absolute Gasteiger partial charge is 0.261 e. The largest absolute Gasteiger partial charge is 0.492 e. The second kappa shape index (κ2) is 6.49. The molecule has 1 aromatic rings. The number of anilines is 2. The molecule has 0 saturated heterocycles. The van der Waals surface area contributed by atoms with E-state index in [4.69, 9.17) is 16.2 Å². The highest BCUT2D eigenvalue weighted by molar-refractivity contribution is 7.19. The lowest BCUT2D eigenvalue weighted by molar-refractivity contribution is 0.100. The van der Waals surface area contributed by atoms with Gasteiger partial charge in [-0.3, -0.25) is 4.79 Å². The van der Waals surface area contributed by atoms with E-state index < -0.39 is 5.91 Å². The van der Waals surface area contributed by atoms with Crippen molar-refractivity contribution in [3.8, 4) is 5.75 Å². The Labute approximate surface area is 112 Å². The fraction of sp³-hybridized carbons (Fsp3) is 0.583.